The van der Waals surface area contributed by atoms with Crippen LogP contribution in [0.25, 0.3) is 0 Å². The van der Waals surface area contributed by atoms with Crippen molar-refractivity contribution in [2.24, 2.45) is 0 Å². The highest BCUT2D eigenvalue weighted by Crippen LogP contribution is 2.21. The van der Waals surface area contributed by atoms with Gasteiger partial charge in [0.15, 0.2) is 0 Å². The highest BCUT2D eigenvalue weighted by Gasteiger charge is 2.24. The van der Waals surface area contributed by atoms with Crippen LogP contribution in [0.5, 0.6) is 0 Å². The van der Waals surface area contributed by atoms with Crippen LogP contribution >= 0.6 is 0 Å². The zero-order valence-electron chi connectivity index (χ0n) is 14.3. The van der Waals surface area contributed by atoms with Crippen molar-refractivity contribution in [3.63, 3.8) is 0 Å². The zero-order valence-corrected chi connectivity index (χ0v) is 15.2. The van der Waals surface area contributed by atoms with Crippen LogP contribution < -0.4 is 4.72 Å². The van der Waals surface area contributed by atoms with Gasteiger partial charge < -0.3 is 4.74 Å². The van der Waals surface area contributed by atoms with Gasteiger partial charge in [0.2, 0.25) is 10.0 Å². The summed E-state index contributed by atoms with van der Waals surface area (Å²) in [6.07, 6.45) is 3.45. The molecule has 6 nitrogen and oxygen atoms in total. The first-order valence-electron chi connectivity index (χ1n) is 8.47. The second-order valence-electron chi connectivity index (χ2n) is 6.18. The molecule has 1 aliphatic heterocycles. The minimum absolute atomic E-state index is 0.115. The average Bonchev–Trinajstić information content (AvgIpc) is 2.65. The third-order valence-corrected chi connectivity index (χ3v) is 5.64. The van der Waals surface area contributed by atoms with E-state index in [4.69, 9.17) is 4.74 Å². The molecule has 1 aromatic carbocycles. The van der Waals surface area contributed by atoms with Crippen LogP contribution in [-0.4, -0.2) is 51.1 Å². The molecule has 0 bridgehead atoms. The van der Waals surface area contributed by atoms with E-state index in [0.29, 0.717) is 18.8 Å². The summed E-state index contributed by atoms with van der Waals surface area (Å²) in [7, 11) is -3.54. The second kappa shape index (κ2) is 8.68. The Morgan fingerprint density at radius 2 is 1.92 bits per heavy atom. The van der Waals surface area contributed by atoms with E-state index in [1.165, 1.54) is 24.3 Å². The van der Waals surface area contributed by atoms with E-state index < -0.39 is 10.0 Å². The maximum absolute atomic E-state index is 13.0. The van der Waals surface area contributed by atoms with E-state index >= 15 is 0 Å². The quantitative estimate of drug-likeness (QED) is 0.793. The van der Waals surface area contributed by atoms with E-state index in [1.54, 1.807) is 12.4 Å². The van der Waals surface area contributed by atoms with Crippen molar-refractivity contribution in [1.29, 1.82) is 0 Å². The highest BCUT2D eigenvalue weighted by molar-refractivity contribution is 7.88. The SMILES string of the molecule is O=S(=O)(Cc1ccc(F)cc1)NCC(c1cccnc1)N1CCOCC1. The maximum atomic E-state index is 13.0. The van der Waals surface area contributed by atoms with Crippen molar-refractivity contribution >= 4 is 10.0 Å². The molecule has 1 N–H and O–H groups in total. The normalized spacial score (nSPS) is 17.1. The minimum atomic E-state index is -3.54. The number of morpholine rings is 1. The summed E-state index contributed by atoms with van der Waals surface area (Å²) in [4.78, 5) is 6.35. The number of ether oxygens (including phenoxy) is 1. The van der Waals surface area contributed by atoms with Gasteiger partial charge in [0.25, 0.3) is 0 Å². The van der Waals surface area contributed by atoms with Gasteiger partial charge in [-0.1, -0.05) is 18.2 Å². The average molecular weight is 379 g/mol. The summed E-state index contributed by atoms with van der Waals surface area (Å²) in [6.45, 7) is 2.96. The van der Waals surface area contributed by atoms with Gasteiger partial charge >= 0.3 is 0 Å². The van der Waals surface area contributed by atoms with Gasteiger partial charge in [0.1, 0.15) is 5.82 Å². The fourth-order valence-electron chi connectivity index (χ4n) is 2.98. The highest BCUT2D eigenvalue weighted by atomic mass is 32.2. The van der Waals surface area contributed by atoms with Crippen molar-refractivity contribution in [3.8, 4) is 0 Å². The molecule has 0 saturated carbocycles. The molecule has 1 atom stereocenters. The van der Waals surface area contributed by atoms with E-state index in [2.05, 4.69) is 14.6 Å². The molecule has 26 heavy (non-hydrogen) atoms. The van der Waals surface area contributed by atoms with Gasteiger partial charge in [-0.3, -0.25) is 9.88 Å². The number of nitrogens with one attached hydrogen (secondary N) is 1. The van der Waals surface area contributed by atoms with Crippen LogP contribution in [-0.2, 0) is 20.5 Å². The maximum Gasteiger partial charge on any atom is 0.215 e. The van der Waals surface area contributed by atoms with Gasteiger partial charge in [-0.15, -0.1) is 0 Å². The molecule has 1 aliphatic rings. The number of nitrogens with zero attached hydrogens (tertiary/aromatic N) is 2. The molecule has 140 valence electrons. The summed E-state index contributed by atoms with van der Waals surface area (Å²) in [5.41, 5.74) is 1.50. The lowest BCUT2D eigenvalue weighted by Gasteiger charge is -2.34. The Hall–Kier alpha value is -1.87. The molecule has 2 heterocycles. The molecular weight excluding hydrogens is 357 g/mol. The fraction of sp³-hybridized carbons (Fsp3) is 0.389. The number of benzene rings is 1. The Morgan fingerprint density at radius 3 is 2.58 bits per heavy atom. The summed E-state index contributed by atoms with van der Waals surface area (Å²) in [6, 6.07) is 9.16. The molecule has 1 unspecified atom stereocenters. The number of halogens is 1. The molecular formula is C18H22FN3O3S. The number of rotatable bonds is 7. The molecule has 2 aromatic rings. The molecule has 3 rings (SSSR count). The molecule has 0 spiro atoms. The molecule has 0 amide bonds. The molecule has 1 fully saturated rings. The van der Waals surface area contributed by atoms with E-state index in [0.717, 1.165) is 18.7 Å². The smallest absolute Gasteiger partial charge is 0.215 e. The first-order valence-corrected chi connectivity index (χ1v) is 10.1. The Balaban J connectivity index is 1.69. The van der Waals surface area contributed by atoms with E-state index in [9.17, 15) is 12.8 Å². The first-order chi connectivity index (χ1) is 12.5. The lowest BCUT2D eigenvalue weighted by Crippen LogP contribution is -2.44. The van der Waals surface area contributed by atoms with Crippen molar-refractivity contribution in [2.75, 3.05) is 32.8 Å². The van der Waals surface area contributed by atoms with Crippen LogP contribution in [0.1, 0.15) is 17.2 Å². The Bertz CT molecular complexity index is 794. The number of hydrogen-bond donors (Lipinski definition) is 1. The number of sulfonamides is 1. The summed E-state index contributed by atoms with van der Waals surface area (Å²) in [5, 5.41) is 0. The van der Waals surface area contributed by atoms with Crippen LogP contribution in [0.3, 0.4) is 0 Å². The predicted molar refractivity (Wildman–Crippen MR) is 96.4 cm³/mol. The third-order valence-electron chi connectivity index (χ3n) is 4.32. The van der Waals surface area contributed by atoms with Crippen molar-refractivity contribution in [2.45, 2.75) is 11.8 Å². The fourth-order valence-corrected chi connectivity index (χ4v) is 4.12. The summed E-state index contributed by atoms with van der Waals surface area (Å²) in [5.74, 6) is -0.570. The largest absolute Gasteiger partial charge is 0.379 e. The third kappa shape index (κ3) is 5.31. The van der Waals surface area contributed by atoms with E-state index in [1.807, 2.05) is 12.1 Å². The van der Waals surface area contributed by atoms with Crippen LogP contribution in [0.15, 0.2) is 48.8 Å². The van der Waals surface area contributed by atoms with Gasteiger partial charge in [-0.2, -0.15) is 0 Å². The zero-order chi connectivity index (χ0) is 18.4. The van der Waals surface area contributed by atoms with Crippen molar-refractivity contribution in [3.05, 3.63) is 65.7 Å². The number of hydrogen-bond acceptors (Lipinski definition) is 5. The monoisotopic (exact) mass is 379 g/mol. The topological polar surface area (TPSA) is 71.5 Å². The lowest BCUT2D eigenvalue weighted by atomic mass is 10.1. The Morgan fingerprint density at radius 1 is 1.19 bits per heavy atom. The predicted octanol–water partition coefficient (Wildman–Crippen LogP) is 1.71. The molecule has 1 saturated heterocycles. The van der Waals surface area contributed by atoms with Gasteiger partial charge in [-0.05, 0) is 29.3 Å². The second-order valence-corrected chi connectivity index (χ2v) is 7.99. The standard InChI is InChI=1S/C18H22FN3O3S/c19-17-5-3-15(4-6-17)14-26(23,24)21-13-18(16-2-1-7-20-12-16)22-8-10-25-11-9-22/h1-7,12,18,21H,8-11,13-14H2. The first kappa shape index (κ1) is 18.9. The number of pyridine rings is 1. The molecule has 1 aromatic heterocycles. The van der Waals surface area contributed by atoms with Crippen molar-refractivity contribution in [1.82, 2.24) is 14.6 Å². The lowest BCUT2D eigenvalue weighted by molar-refractivity contribution is 0.0171. The Labute approximate surface area is 153 Å². The van der Waals surface area contributed by atoms with Gasteiger partial charge in [0, 0.05) is 32.0 Å². The molecule has 0 radical (unpaired) electrons. The number of aromatic nitrogens is 1. The molecule has 8 heteroatoms. The summed E-state index contributed by atoms with van der Waals surface area (Å²) >= 11 is 0. The van der Waals surface area contributed by atoms with Gasteiger partial charge in [0.05, 0.1) is 25.0 Å². The van der Waals surface area contributed by atoms with Gasteiger partial charge in [-0.25, -0.2) is 17.5 Å². The van der Waals surface area contributed by atoms with Crippen LogP contribution in [0.4, 0.5) is 4.39 Å². The van der Waals surface area contributed by atoms with Crippen LogP contribution in [0, 0.1) is 5.82 Å². The summed E-state index contributed by atoms with van der Waals surface area (Å²) < 4.78 is 45.9. The van der Waals surface area contributed by atoms with Crippen LogP contribution in [0.2, 0.25) is 0 Å². The molecule has 0 aliphatic carbocycles. The van der Waals surface area contributed by atoms with Crippen molar-refractivity contribution < 1.29 is 17.5 Å². The van der Waals surface area contributed by atoms with E-state index in [-0.39, 0.29) is 24.2 Å². The minimum Gasteiger partial charge on any atom is -0.379 e. The Kier molecular flexibility index (Phi) is 6.31.